The number of rotatable bonds is 5. The van der Waals surface area contributed by atoms with Gasteiger partial charge in [0.25, 0.3) is 0 Å². The van der Waals surface area contributed by atoms with Gasteiger partial charge in [0.05, 0.1) is 6.54 Å². The lowest BCUT2D eigenvalue weighted by molar-refractivity contribution is 0.00483. The molecule has 4 nitrogen and oxygen atoms in total. The van der Waals surface area contributed by atoms with E-state index in [1.165, 1.54) is 0 Å². The van der Waals surface area contributed by atoms with Gasteiger partial charge in [0.1, 0.15) is 5.60 Å². The van der Waals surface area contributed by atoms with Crippen molar-refractivity contribution in [2.24, 2.45) is 0 Å². The van der Waals surface area contributed by atoms with Crippen LogP contribution in [0.3, 0.4) is 0 Å². The van der Waals surface area contributed by atoms with Crippen molar-refractivity contribution in [1.82, 2.24) is 10.6 Å². The van der Waals surface area contributed by atoms with Gasteiger partial charge < -0.3 is 15.4 Å². The molecule has 1 aromatic carbocycles. The number of carbonyl (C=O) groups excluding carboxylic acids is 1. The Hall–Kier alpha value is -1.52. The maximum Gasteiger partial charge on any atom is 0.315 e. The van der Waals surface area contributed by atoms with E-state index in [1.807, 2.05) is 31.2 Å². The highest BCUT2D eigenvalue weighted by atomic mass is 35.5. The summed E-state index contributed by atoms with van der Waals surface area (Å²) in [5.41, 5.74) is 0.316. The van der Waals surface area contributed by atoms with Crippen LogP contribution in [0.25, 0.3) is 0 Å². The Morgan fingerprint density at radius 2 is 2.14 bits per heavy atom. The molecule has 21 heavy (non-hydrogen) atoms. The smallest absolute Gasteiger partial charge is 0.315 e. The van der Waals surface area contributed by atoms with Gasteiger partial charge in [-0.05, 0) is 37.5 Å². The molecule has 2 rings (SSSR count). The molecule has 0 heterocycles. The van der Waals surface area contributed by atoms with Crippen molar-refractivity contribution in [3.8, 4) is 0 Å². The number of ether oxygens (including phenoxy) is 1. The molecule has 0 saturated carbocycles. The molecule has 1 aliphatic carbocycles. The first-order valence-corrected chi connectivity index (χ1v) is 7.42. The van der Waals surface area contributed by atoms with Crippen molar-refractivity contribution in [1.29, 1.82) is 0 Å². The van der Waals surface area contributed by atoms with Crippen LogP contribution < -0.4 is 10.6 Å². The number of carbonyl (C=O) groups is 1. The number of urea groups is 1. The van der Waals surface area contributed by atoms with E-state index in [0.717, 1.165) is 18.4 Å². The lowest BCUT2D eigenvalue weighted by Crippen LogP contribution is -2.46. The molecule has 114 valence electrons. The fraction of sp³-hybridized carbons (Fsp3) is 0.438. The molecule has 5 heteroatoms. The Kier molecular flexibility index (Phi) is 5.26. The molecule has 1 aromatic rings. The summed E-state index contributed by atoms with van der Waals surface area (Å²) in [5.74, 6) is 0. The van der Waals surface area contributed by atoms with Crippen LogP contribution in [-0.2, 0) is 10.3 Å². The predicted molar refractivity (Wildman–Crippen MR) is 84.5 cm³/mol. The zero-order valence-electron chi connectivity index (χ0n) is 12.4. The van der Waals surface area contributed by atoms with Crippen LogP contribution in [0.5, 0.6) is 0 Å². The molecule has 1 unspecified atom stereocenters. The first kappa shape index (κ1) is 15.9. The third-order valence-electron chi connectivity index (χ3n) is 3.82. The van der Waals surface area contributed by atoms with Gasteiger partial charge in [-0.25, -0.2) is 4.79 Å². The molecular weight excluding hydrogens is 288 g/mol. The summed E-state index contributed by atoms with van der Waals surface area (Å²) < 4.78 is 5.59. The van der Waals surface area contributed by atoms with Crippen LogP contribution in [0.15, 0.2) is 36.4 Å². The zero-order valence-corrected chi connectivity index (χ0v) is 13.1. The van der Waals surface area contributed by atoms with E-state index >= 15 is 0 Å². The molecule has 0 fully saturated rings. The van der Waals surface area contributed by atoms with Crippen LogP contribution in [0, 0.1) is 0 Å². The minimum absolute atomic E-state index is 0.172. The third kappa shape index (κ3) is 4.22. The largest absolute Gasteiger partial charge is 0.372 e. The predicted octanol–water partition coefficient (Wildman–Crippen LogP) is 3.22. The van der Waals surface area contributed by atoms with E-state index in [1.54, 1.807) is 7.11 Å². The quantitative estimate of drug-likeness (QED) is 0.821. The highest BCUT2D eigenvalue weighted by Gasteiger charge is 2.27. The molecule has 1 atom stereocenters. The van der Waals surface area contributed by atoms with Crippen molar-refractivity contribution < 1.29 is 9.53 Å². The molecule has 0 spiro atoms. The van der Waals surface area contributed by atoms with Crippen molar-refractivity contribution in [2.45, 2.75) is 31.4 Å². The van der Waals surface area contributed by atoms with Crippen molar-refractivity contribution in [3.63, 3.8) is 0 Å². The SMILES string of the molecule is COC(C)(CNC(=O)NC1CC=CC1)c1cccc(Cl)c1. The summed E-state index contributed by atoms with van der Waals surface area (Å²) in [6.45, 7) is 2.30. The molecule has 2 N–H and O–H groups in total. The number of halogens is 1. The van der Waals surface area contributed by atoms with Gasteiger partial charge in [-0.2, -0.15) is 0 Å². The number of methoxy groups -OCH3 is 1. The van der Waals surface area contributed by atoms with Crippen LogP contribution in [0.1, 0.15) is 25.3 Å². The Labute approximate surface area is 130 Å². The Morgan fingerprint density at radius 3 is 2.76 bits per heavy atom. The van der Waals surface area contributed by atoms with E-state index in [-0.39, 0.29) is 12.1 Å². The second kappa shape index (κ2) is 6.96. The summed E-state index contributed by atoms with van der Waals surface area (Å²) >= 11 is 6.02. The van der Waals surface area contributed by atoms with Gasteiger partial charge in [-0.15, -0.1) is 0 Å². The maximum atomic E-state index is 11.9. The van der Waals surface area contributed by atoms with Crippen molar-refractivity contribution >= 4 is 17.6 Å². The minimum atomic E-state index is -0.615. The molecular formula is C16H21ClN2O2. The van der Waals surface area contributed by atoms with Gasteiger partial charge in [0.15, 0.2) is 0 Å². The van der Waals surface area contributed by atoms with Gasteiger partial charge in [-0.1, -0.05) is 35.9 Å². The number of amides is 2. The fourth-order valence-electron chi connectivity index (χ4n) is 2.33. The second-order valence-electron chi connectivity index (χ2n) is 5.41. The minimum Gasteiger partial charge on any atom is -0.372 e. The highest BCUT2D eigenvalue weighted by molar-refractivity contribution is 6.30. The first-order valence-electron chi connectivity index (χ1n) is 7.04. The normalized spacial score (nSPS) is 17.5. The van der Waals surface area contributed by atoms with Crippen molar-refractivity contribution in [2.75, 3.05) is 13.7 Å². The van der Waals surface area contributed by atoms with Gasteiger partial charge in [-0.3, -0.25) is 0 Å². The summed E-state index contributed by atoms with van der Waals surface area (Å²) in [4.78, 5) is 11.9. The zero-order chi connectivity index (χ0) is 15.3. The Balaban J connectivity index is 1.93. The maximum absolute atomic E-state index is 11.9. The van der Waals surface area contributed by atoms with Gasteiger partial charge in [0.2, 0.25) is 0 Å². The first-order chi connectivity index (χ1) is 10.0. The number of hydrogen-bond donors (Lipinski definition) is 2. The standard InChI is InChI=1S/C16H21ClN2O2/c1-16(21-2,12-6-5-7-13(17)10-12)11-18-15(20)19-14-8-3-4-9-14/h3-7,10,14H,8-9,11H2,1-2H3,(H2,18,19,20). The summed E-state index contributed by atoms with van der Waals surface area (Å²) in [6.07, 6.45) is 5.94. The molecule has 0 saturated heterocycles. The molecule has 1 aliphatic rings. The number of nitrogens with one attached hydrogen (secondary N) is 2. The van der Waals surface area contributed by atoms with Crippen LogP contribution in [0.2, 0.25) is 5.02 Å². The Bertz CT molecular complexity index is 525. The monoisotopic (exact) mass is 308 g/mol. The second-order valence-corrected chi connectivity index (χ2v) is 5.85. The van der Waals surface area contributed by atoms with Gasteiger partial charge >= 0.3 is 6.03 Å². The van der Waals surface area contributed by atoms with E-state index in [2.05, 4.69) is 22.8 Å². The van der Waals surface area contributed by atoms with Crippen LogP contribution in [-0.4, -0.2) is 25.7 Å². The lowest BCUT2D eigenvalue weighted by Gasteiger charge is -2.29. The third-order valence-corrected chi connectivity index (χ3v) is 4.05. The van der Waals surface area contributed by atoms with E-state index in [9.17, 15) is 4.79 Å². The molecule has 0 bridgehead atoms. The van der Waals surface area contributed by atoms with E-state index < -0.39 is 5.60 Å². The topological polar surface area (TPSA) is 50.4 Å². The molecule has 0 radical (unpaired) electrons. The number of hydrogen-bond acceptors (Lipinski definition) is 2. The van der Waals surface area contributed by atoms with E-state index in [0.29, 0.717) is 11.6 Å². The summed E-state index contributed by atoms with van der Waals surface area (Å²) in [7, 11) is 1.63. The average molecular weight is 309 g/mol. The van der Waals surface area contributed by atoms with Crippen LogP contribution in [0.4, 0.5) is 4.79 Å². The summed E-state index contributed by atoms with van der Waals surface area (Å²) in [5, 5.41) is 6.47. The molecule has 0 aliphatic heterocycles. The van der Waals surface area contributed by atoms with Gasteiger partial charge in [0, 0.05) is 18.2 Å². The van der Waals surface area contributed by atoms with Crippen molar-refractivity contribution in [3.05, 3.63) is 47.0 Å². The molecule has 2 amide bonds. The average Bonchev–Trinajstić information content (AvgIpc) is 2.97. The number of benzene rings is 1. The Morgan fingerprint density at radius 1 is 1.43 bits per heavy atom. The lowest BCUT2D eigenvalue weighted by atomic mass is 9.96. The molecule has 0 aromatic heterocycles. The highest BCUT2D eigenvalue weighted by Crippen LogP contribution is 2.26. The summed E-state index contributed by atoms with van der Waals surface area (Å²) in [6, 6.07) is 7.51. The fourth-order valence-corrected chi connectivity index (χ4v) is 2.52. The van der Waals surface area contributed by atoms with E-state index in [4.69, 9.17) is 16.3 Å². The van der Waals surface area contributed by atoms with Crippen LogP contribution >= 0.6 is 11.6 Å².